The van der Waals surface area contributed by atoms with E-state index in [4.69, 9.17) is 14.2 Å². The molecule has 0 spiro atoms. The van der Waals surface area contributed by atoms with Crippen molar-refractivity contribution in [3.05, 3.63) is 29.8 Å². The number of hydrogen-bond acceptors (Lipinski definition) is 3. The van der Waals surface area contributed by atoms with Gasteiger partial charge in [-0.1, -0.05) is 31.5 Å². The molecule has 0 heterocycles. The molecule has 3 heteroatoms. The minimum absolute atomic E-state index is 0.576. The van der Waals surface area contributed by atoms with Gasteiger partial charge in [-0.3, -0.25) is 0 Å². The summed E-state index contributed by atoms with van der Waals surface area (Å²) in [5, 5.41) is 0. The highest BCUT2D eigenvalue weighted by molar-refractivity contribution is 5.26. The van der Waals surface area contributed by atoms with Crippen LogP contribution in [-0.4, -0.2) is 33.5 Å². The third-order valence-electron chi connectivity index (χ3n) is 1.95. The maximum atomic E-state index is 5.48. The molecule has 1 rings (SSSR count). The lowest BCUT2D eigenvalue weighted by atomic mass is 10.2. The molecule has 98 valence electrons. The molecule has 0 aliphatic carbocycles. The van der Waals surface area contributed by atoms with Gasteiger partial charge in [0.25, 0.3) is 0 Å². The Labute approximate surface area is 105 Å². The van der Waals surface area contributed by atoms with E-state index >= 15 is 0 Å². The molecule has 0 fully saturated rings. The highest BCUT2D eigenvalue weighted by atomic mass is 16.5. The summed E-state index contributed by atoms with van der Waals surface area (Å²) in [6.07, 6.45) is 0. The van der Waals surface area contributed by atoms with E-state index in [2.05, 4.69) is 6.92 Å². The maximum absolute atomic E-state index is 5.48. The van der Waals surface area contributed by atoms with Gasteiger partial charge in [-0.25, -0.2) is 0 Å². The van der Waals surface area contributed by atoms with Crippen molar-refractivity contribution in [3.63, 3.8) is 0 Å². The maximum Gasteiger partial charge on any atom is 0.119 e. The zero-order valence-electron chi connectivity index (χ0n) is 11.4. The summed E-state index contributed by atoms with van der Waals surface area (Å²) >= 11 is 0. The van der Waals surface area contributed by atoms with Gasteiger partial charge in [0.15, 0.2) is 0 Å². The Morgan fingerprint density at radius 1 is 0.882 bits per heavy atom. The largest absolute Gasteiger partial charge is 0.491 e. The molecule has 0 radical (unpaired) electrons. The molecule has 0 saturated carbocycles. The summed E-state index contributed by atoms with van der Waals surface area (Å²) in [5.74, 6) is 0.885. The normalized spacial score (nSPS) is 9.41. The highest BCUT2D eigenvalue weighted by Gasteiger charge is 1.93. The molecule has 0 amide bonds. The first-order valence-corrected chi connectivity index (χ1v) is 6.09. The standard InChI is InChI=1S/C12H18O3.C2H6/c1-11-3-5-12(6-4-11)15-10-9-14-8-7-13-2;1-2/h3-6H,7-10H2,1-2H3;1-2H3. The van der Waals surface area contributed by atoms with E-state index in [1.165, 1.54) is 5.56 Å². The number of ether oxygens (including phenoxy) is 3. The van der Waals surface area contributed by atoms with E-state index in [1.54, 1.807) is 7.11 Å². The fourth-order valence-corrected chi connectivity index (χ4v) is 1.10. The second-order valence-electron chi connectivity index (χ2n) is 3.27. The lowest BCUT2D eigenvalue weighted by Crippen LogP contribution is -2.09. The van der Waals surface area contributed by atoms with Crippen molar-refractivity contribution in [1.82, 2.24) is 0 Å². The molecule has 0 N–H and O–H groups in total. The van der Waals surface area contributed by atoms with Gasteiger partial charge in [-0.2, -0.15) is 0 Å². The first kappa shape index (κ1) is 15.9. The molecule has 0 aliphatic rings. The molecular weight excluding hydrogens is 216 g/mol. The molecule has 1 aromatic carbocycles. The van der Waals surface area contributed by atoms with Crippen molar-refractivity contribution in [3.8, 4) is 5.75 Å². The van der Waals surface area contributed by atoms with Crippen LogP contribution < -0.4 is 4.74 Å². The minimum Gasteiger partial charge on any atom is -0.491 e. The van der Waals surface area contributed by atoms with Crippen molar-refractivity contribution in [1.29, 1.82) is 0 Å². The van der Waals surface area contributed by atoms with Crippen LogP contribution in [0.4, 0.5) is 0 Å². The van der Waals surface area contributed by atoms with Crippen molar-refractivity contribution >= 4 is 0 Å². The number of rotatable bonds is 7. The summed E-state index contributed by atoms with van der Waals surface area (Å²) < 4.78 is 15.6. The zero-order valence-corrected chi connectivity index (χ0v) is 11.4. The van der Waals surface area contributed by atoms with Gasteiger partial charge < -0.3 is 14.2 Å². The summed E-state index contributed by atoms with van der Waals surface area (Å²) in [4.78, 5) is 0. The summed E-state index contributed by atoms with van der Waals surface area (Å²) in [7, 11) is 1.66. The van der Waals surface area contributed by atoms with Crippen LogP contribution in [0.25, 0.3) is 0 Å². The van der Waals surface area contributed by atoms with Gasteiger partial charge in [0, 0.05) is 7.11 Å². The number of aryl methyl sites for hydroxylation is 1. The number of benzene rings is 1. The van der Waals surface area contributed by atoms with E-state index in [1.807, 2.05) is 38.1 Å². The molecule has 0 unspecified atom stereocenters. The van der Waals surface area contributed by atoms with E-state index in [-0.39, 0.29) is 0 Å². The number of methoxy groups -OCH3 is 1. The first-order chi connectivity index (χ1) is 8.33. The second kappa shape index (κ2) is 11.4. The van der Waals surface area contributed by atoms with Crippen LogP contribution in [0.5, 0.6) is 5.75 Å². The van der Waals surface area contributed by atoms with Crippen LogP contribution in [0.2, 0.25) is 0 Å². The molecular formula is C14H24O3. The van der Waals surface area contributed by atoms with E-state index in [9.17, 15) is 0 Å². The Morgan fingerprint density at radius 2 is 1.47 bits per heavy atom. The summed E-state index contributed by atoms with van der Waals surface area (Å²) in [6, 6.07) is 7.98. The second-order valence-corrected chi connectivity index (χ2v) is 3.27. The van der Waals surface area contributed by atoms with Crippen molar-refractivity contribution < 1.29 is 14.2 Å². The quantitative estimate of drug-likeness (QED) is 0.686. The van der Waals surface area contributed by atoms with E-state index < -0.39 is 0 Å². The number of hydrogen-bond donors (Lipinski definition) is 0. The lowest BCUT2D eigenvalue weighted by molar-refractivity contribution is 0.0544. The molecule has 0 atom stereocenters. The molecule has 0 aliphatic heterocycles. The van der Waals surface area contributed by atoms with Gasteiger partial charge in [0.1, 0.15) is 12.4 Å². The molecule has 3 nitrogen and oxygen atoms in total. The molecule has 0 aromatic heterocycles. The Balaban J connectivity index is 0.00000121. The summed E-state index contributed by atoms with van der Waals surface area (Å²) in [5.41, 5.74) is 1.23. The lowest BCUT2D eigenvalue weighted by Gasteiger charge is -2.06. The predicted molar refractivity (Wildman–Crippen MR) is 70.7 cm³/mol. The molecule has 0 saturated heterocycles. The van der Waals surface area contributed by atoms with Crippen LogP contribution in [-0.2, 0) is 9.47 Å². The van der Waals surface area contributed by atoms with E-state index in [0.717, 1.165) is 5.75 Å². The zero-order chi connectivity index (χ0) is 12.9. The Morgan fingerprint density at radius 3 is 2.06 bits per heavy atom. The van der Waals surface area contributed by atoms with Gasteiger partial charge >= 0.3 is 0 Å². The SMILES string of the molecule is CC.COCCOCCOc1ccc(C)cc1. The van der Waals surface area contributed by atoms with Crippen LogP contribution in [0.15, 0.2) is 24.3 Å². The van der Waals surface area contributed by atoms with Gasteiger partial charge in [-0.05, 0) is 19.1 Å². The van der Waals surface area contributed by atoms with Crippen LogP contribution >= 0.6 is 0 Å². The molecule has 0 bridgehead atoms. The van der Waals surface area contributed by atoms with Gasteiger partial charge in [0.05, 0.1) is 19.8 Å². The third kappa shape index (κ3) is 8.72. The van der Waals surface area contributed by atoms with Gasteiger partial charge in [-0.15, -0.1) is 0 Å². The smallest absolute Gasteiger partial charge is 0.119 e. The Hall–Kier alpha value is -1.06. The van der Waals surface area contributed by atoms with Crippen molar-refractivity contribution in [2.45, 2.75) is 20.8 Å². The predicted octanol–water partition coefficient (Wildman–Crippen LogP) is 3.06. The fourth-order valence-electron chi connectivity index (χ4n) is 1.10. The van der Waals surface area contributed by atoms with E-state index in [0.29, 0.717) is 26.4 Å². The fraction of sp³-hybridized carbons (Fsp3) is 0.571. The van der Waals surface area contributed by atoms with Crippen molar-refractivity contribution in [2.24, 2.45) is 0 Å². The Kier molecular flexibility index (Phi) is 10.7. The average Bonchev–Trinajstić information content (AvgIpc) is 2.38. The van der Waals surface area contributed by atoms with Gasteiger partial charge in [0.2, 0.25) is 0 Å². The van der Waals surface area contributed by atoms with Crippen LogP contribution in [0.3, 0.4) is 0 Å². The van der Waals surface area contributed by atoms with Crippen LogP contribution in [0.1, 0.15) is 19.4 Å². The van der Waals surface area contributed by atoms with Crippen LogP contribution in [0, 0.1) is 6.92 Å². The molecule has 1 aromatic rings. The average molecular weight is 240 g/mol. The minimum atomic E-state index is 0.576. The topological polar surface area (TPSA) is 27.7 Å². The first-order valence-electron chi connectivity index (χ1n) is 6.09. The summed E-state index contributed by atoms with van der Waals surface area (Å²) in [6.45, 7) is 8.47. The Bertz CT molecular complexity index is 257. The third-order valence-corrected chi connectivity index (χ3v) is 1.95. The highest BCUT2D eigenvalue weighted by Crippen LogP contribution is 2.10. The van der Waals surface area contributed by atoms with Crippen molar-refractivity contribution in [2.75, 3.05) is 33.5 Å². The monoisotopic (exact) mass is 240 g/mol. The molecule has 17 heavy (non-hydrogen) atoms.